The second-order valence-electron chi connectivity index (χ2n) is 11.7. The number of esters is 1. The van der Waals surface area contributed by atoms with Gasteiger partial charge in [-0.2, -0.15) is 13.2 Å². The molecule has 9 nitrogen and oxygen atoms in total. The van der Waals surface area contributed by atoms with Gasteiger partial charge in [0.2, 0.25) is 5.91 Å². The average Bonchev–Trinajstić information content (AvgIpc) is 3.47. The Labute approximate surface area is 231 Å². The highest BCUT2D eigenvalue weighted by molar-refractivity contribution is 5.95. The first kappa shape index (κ1) is 29.7. The highest BCUT2D eigenvalue weighted by Crippen LogP contribution is 2.42. The van der Waals surface area contributed by atoms with Crippen molar-refractivity contribution in [1.29, 1.82) is 0 Å². The number of methoxy groups -OCH3 is 1. The molecule has 2 unspecified atom stereocenters. The second-order valence-corrected chi connectivity index (χ2v) is 11.7. The van der Waals surface area contributed by atoms with E-state index in [0.717, 1.165) is 12.1 Å². The molecule has 0 radical (unpaired) electrons. The first-order valence-corrected chi connectivity index (χ1v) is 13.6. The number of halogens is 3. The second kappa shape index (κ2) is 11.3. The Morgan fingerprint density at radius 1 is 0.975 bits per heavy atom. The molecule has 0 aliphatic carbocycles. The van der Waals surface area contributed by atoms with Crippen LogP contribution in [-0.4, -0.2) is 77.1 Å². The van der Waals surface area contributed by atoms with Crippen molar-refractivity contribution in [3.05, 3.63) is 35.4 Å². The standard InChI is InChI=1S/C28H36F3N3O6/c1-27(2,3)40-26(38)32-22(24(36)33-13-5-6-21(33)25(37)39-4)17-14-19-11-12-20(15-17)34(19)23(35)16-7-9-18(10-8-16)28(29,30)31/h7-10,17,19-22H,5-6,11-15H2,1-4H3,(H,32,38)/t17?,19?,20?,21-,22-/m0/s1. The molecular formula is C28H36F3N3O6. The fourth-order valence-electron chi connectivity index (χ4n) is 6.18. The van der Waals surface area contributed by atoms with Crippen LogP contribution in [0.2, 0.25) is 0 Å². The molecule has 1 N–H and O–H groups in total. The van der Waals surface area contributed by atoms with E-state index in [0.29, 0.717) is 45.1 Å². The van der Waals surface area contributed by atoms with Crippen LogP contribution >= 0.6 is 0 Å². The average molecular weight is 568 g/mol. The molecule has 12 heteroatoms. The Balaban J connectivity index is 1.54. The van der Waals surface area contributed by atoms with Crippen LogP contribution in [-0.2, 0) is 25.2 Å². The van der Waals surface area contributed by atoms with Gasteiger partial charge in [-0.15, -0.1) is 0 Å². The molecule has 4 atom stereocenters. The van der Waals surface area contributed by atoms with E-state index >= 15 is 0 Å². The number of ether oxygens (including phenoxy) is 2. The van der Waals surface area contributed by atoms with E-state index < -0.39 is 47.4 Å². The number of carbonyl (C=O) groups is 4. The van der Waals surface area contributed by atoms with Gasteiger partial charge in [-0.25, -0.2) is 9.59 Å². The fourth-order valence-corrected chi connectivity index (χ4v) is 6.18. The minimum Gasteiger partial charge on any atom is -0.467 e. The van der Waals surface area contributed by atoms with Crippen molar-refractivity contribution >= 4 is 23.9 Å². The van der Waals surface area contributed by atoms with E-state index in [-0.39, 0.29) is 29.5 Å². The number of nitrogens with zero attached hydrogens (tertiary/aromatic N) is 2. The van der Waals surface area contributed by atoms with Crippen molar-refractivity contribution in [2.45, 2.75) is 95.2 Å². The molecule has 220 valence electrons. The maximum absolute atomic E-state index is 13.8. The molecule has 4 rings (SSSR count). The Morgan fingerprint density at radius 3 is 2.10 bits per heavy atom. The van der Waals surface area contributed by atoms with E-state index in [1.807, 2.05) is 0 Å². The maximum Gasteiger partial charge on any atom is 0.416 e. The first-order valence-electron chi connectivity index (χ1n) is 13.6. The van der Waals surface area contributed by atoms with Crippen LogP contribution in [0.15, 0.2) is 24.3 Å². The third-order valence-electron chi connectivity index (χ3n) is 7.88. The molecule has 3 aliphatic heterocycles. The number of hydrogen-bond donors (Lipinski definition) is 1. The summed E-state index contributed by atoms with van der Waals surface area (Å²) in [7, 11) is 1.26. The number of amides is 3. The van der Waals surface area contributed by atoms with Crippen molar-refractivity contribution in [1.82, 2.24) is 15.1 Å². The van der Waals surface area contributed by atoms with E-state index in [4.69, 9.17) is 9.47 Å². The fraction of sp³-hybridized carbons (Fsp3) is 0.643. The van der Waals surface area contributed by atoms with Crippen LogP contribution in [0.5, 0.6) is 0 Å². The molecule has 2 bridgehead atoms. The summed E-state index contributed by atoms with van der Waals surface area (Å²) in [5, 5.41) is 2.75. The predicted octanol–water partition coefficient (Wildman–Crippen LogP) is 4.15. The molecule has 0 spiro atoms. The van der Waals surface area contributed by atoms with Crippen molar-refractivity contribution in [3.63, 3.8) is 0 Å². The Bertz CT molecular complexity index is 1120. The summed E-state index contributed by atoms with van der Waals surface area (Å²) >= 11 is 0. The highest BCUT2D eigenvalue weighted by Gasteiger charge is 2.49. The number of hydrogen-bond acceptors (Lipinski definition) is 6. The summed E-state index contributed by atoms with van der Waals surface area (Å²) in [4.78, 5) is 55.5. The maximum atomic E-state index is 13.8. The molecular weight excluding hydrogens is 531 g/mol. The van der Waals surface area contributed by atoms with Crippen molar-refractivity contribution in [2.75, 3.05) is 13.7 Å². The number of benzene rings is 1. The van der Waals surface area contributed by atoms with E-state index in [2.05, 4.69) is 5.32 Å². The highest BCUT2D eigenvalue weighted by atomic mass is 19.4. The zero-order valence-corrected chi connectivity index (χ0v) is 23.1. The lowest BCUT2D eigenvalue weighted by molar-refractivity contribution is -0.152. The summed E-state index contributed by atoms with van der Waals surface area (Å²) in [5.74, 6) is -1.61. The lowest BCUT2D eigenvalue weighted by atomic mass is 9.83. The van der Waals surface area contributed by atoms with Gasteiger partial charge in [0.15, 0.2) is 0 Å². The van der Waals surface area contributed by atoms with Crippen LogP contribution in [0.3, 0.4) is 0 Å². The predicted molar refractivity (Wildman–Crippen MR) is 137 cm³/mol. The molecule has 1 aromatic rings. The van der Waals surface area contributed by atoms with E-state index in [1.165, 1.54) is 24.1 Å². The van der Waals surface area contributed by atoms with Gasteiger partial charge in [0.25, 0.3) is 5.91 Å². The summed E-state index contributed by atoms with van der Waals surface area (Å²) < 4.78 is 49.3. The van der Waals surface area contributed by atoms with Crippen LogP contribution < -0.4 is 5.32 Å². The molecule has 3 fully saturated rings. The summed E-state index contributed by atoms with van der Waals surface area (Å²) in [5.41, 5.74) is -1.45. The summed E-state index contributed by atoms with van der Waals surface area (Å²) in [6, 6.07) is 1.96. The minimum atomic E-state index is -4.50. The SMILES string of the molecule is COC(=O)[C@@H]1CCCN1C(=O)[C@@H](NC(=O)OC(C)(C)C)C1CC2CCC(C1)N2C(=O)c1ccc(C(F)(F)F)cc1. The van der Waals surface area contributed by atoms with Gasteiger partial charge in [0.05, 0.1) is 12.7 Å². The number of rotatable bonds is 5. The zero-order valence-electron chi connectivity index (χ0n) is 23.1. The van der Waals surface area contributed by atoms with Crippen LogP contribution in [0, 0.1) is 5.92 Å². The molecule has 3 heterocycles. The summed E-state index contributed by atoms with van der Waals surface area (Å²) in [6.07, 6.45) is -2.00. The Morgan fingerprint density at radius 2 is 1.57 bits per heavy atom. The van der Waals surface area contributed by atoms with Gasteiger partial charge in [0, 0.05) is 24.2 Å². The Hall–Kier alpha value is -3.31. The first-order chi connectivity index (χ1) is 18.7. The minimum absolute atomic E-state index is 0.167. The van der Waals surface area contributed by atoms with Crippen LogP contribution in [0.1, 0.15) is 75.2 Å². The largest absolute Gasteiger partial charge is 0.467 e. The number of fused-ring (bicyclic) bond motifs is 2. The van der Waals surface area contributed by atoms with Crippen molar-refractivity contribution < 1.29 is 41.8 Å². The number of alkyl halides is 3. The topological polar surface area (TPSA) is 105 Å². The molecule has 1 aromatic carbocycles. The normalized spacial score (nSPS) is 25.4. The molecule has 0 aromatic heterocycles. The van der Waals surface area contributed by atoms with Gasteiger partial charge in [-0.05, 0) is 89.5 Å². The van der Waals surface area contributed by atoms with Crippen molar-refractivity contribution in [3.8, 4) is 0 Å². The van der Waals surface area contributed by atoms with E-state index in [1.54, 1.807) is 25.7 Å². The van der Waals surface area contributed by atoms with Gasteiger partial charge in [-0.3, -0.25) is 9.59 Å². The number of carbonyl (C=O) groups excluding carboxylic acids is 4. The summed E-state index contributed by atoms with van der Waals surface area (Å²) in [6.45, 7) is 5.48. The van der Waals surface area contributed by atoms with Crippen LogP contribution in [0.25, 0.3) is 0 Å². The number of alkyl carbamates (subject to hydrolysis) is 1. The number of nitrogens with one attached hydrogen (secondary N) is 1. The third-order valence-corrected chi connectivity index (χ3v) is 7.88. The number of likely N-dealkylation sites (tertiary alicyclic amines) is 1. The van der Waals surface area contributed by atoms with Gasteiger partial charge in [0.1, 0.15) is 17.7 Å². The monoisotopic (exact) mass is 567 g/mol. The molecule has 3 saturated heterocycles. The van der Waals surface area contributed by atoms with Gasteiger partial charge in [-0.1, -0.05) is 0 Å². The Kier molecular flexibility index (Phi) is 8.37. The van der Waals surface area contributed by atoms with Gasteiger partial charge >= 0.3 is 18.2 Å². The van der Waals surface area contributed by atoms with Crippen LogP contribution in [0.4, 0.5) is 18.0 Å². The zero-order chi connectivity index (χ0) is 29.4. The molecule has 0 saturated carbocycles. The molecule has 3 aliphatic rings. The lowest BCUT2D eigenvalue weighted by Gasteiger charge is -2.42. The third kappa shape index (κ3) is 6.36. The smallest absolute Gasteiger partial charge is 0.416 e. The van der Waals surface area contributed by atoms with Crippen molar-refractivity contribution in [2.24, 2.45) is 5.92 Å². The molecule has 40 heavy (non-hydrogen) atoms. The number of piperidine rings is 1. The lowest BCUT2D eigenvalue weighted by Crippen LogP contribution is -2.58. The van der Waals surface area contributed by atoms with E-state index in [9.17, 15) is 32.3 Å². The van der Waals surface area contributed by atoms with Gasteiger partial charge < -0.3 is 24.6 Å². The molecule has 3 amide bonds. The quantitative estimate of drug-likeness (QED) is 0.537.